The van der Waals surface area contributed by atoms with Crippen LogP contribution in [-0.4, -0.2) is 30.4 Å². The maximum absolute atomic E-state index is 11.4. The van der Waals surface area contributed by atoms with Crippen molar-refractivity contribution in [3.05, 3.63) is 0 Å². The highest BCUT2D eigenvalue weighted by Crippen LogP contribution is 2.23. The van der Waals surface area contributed by atoms with Crippen LogP contribution in [0.15, 0.2) is 0 Å². The van der Waals surface area contributed by atoms with E-state index in [9.17, 15) is 4.79 Å². The minimum Gasteiger partial charge on any atom is -0.370 e. The molecule has 1 amide bonds. The third-order valence-corrected chi connectivity index (χ3v) is 2.82. The van der Waals surface area contributed by atoms with Gasteiger partial charge in [-0.3, -0.25) is 15.6 Å². The normalized spacial score (nSPS) is 12.6. The minimum absolute atomic E-state index is 0.0970. The maximum Gasteiger partial charge on any atom is 0.225 e. The van der Waals surface area contributed by atoms with Gasteiger partial charge in [-0.2, -0.15) is 0 Å². The molecule has 0 rings (SSSR count). The molecule has 0 radical (unpaired) electrons. The summed E-state index contributed by atoms with van der Waals surface area (Å²) in [7, 11) is 0. The number of hydrogen-bond acceptors (Lipinski definition) is 3. The molecule has 1 atom stereocenters. The lowest BCUT2D eigenvalue weighted by molar-refractivity contribution is -0.127. The Morgan fingerprint density at radius 2 is 1.78 bits per heavy atom. The van der Waals surface area contributed by atoms with Crippen LogP contribution in [-0.2, 0) is 4.79 Å². The summed E-state index contributed by atoms with van der Waals surface area (Å²) in [6.45, 7) is 3.92. The van der Waals surface area contributed by atoms with Crippen LogP contribution in [0.3, 0.4) is 0 Å². The van der Waals surface area contributed by atoms with Gasteiger partial charge >= 0.3 is 0 Å². The second kappa shape index (κ2) is 6.67. The van der Waals surface area contributed by atoms with E-state index in [1.54, 1.807) is 13.8 Å². The maximum atomic E-state index is 11.4. The molecule has 0 saturated carbocycles. The van der Waals surface area contributed by atoms with Crippen LogP contribution in [0.25, 0.3) is 0 Å². The lowest BCUT2D eigenvalue weighted by Crippen LogP contribution is -2.53. The molecule has 0 aliphatic heterocycles. The Labute approximate surface area is 107 Å². The van der Waals surface area contributed by atoms with Crippen molar-refractivity contribution in [1.29, 1.82) is 10.8 Å². The Morgan fingerprint density at radius 1 is 1.22 bits per heavy atom. The van der Waals surface area contributed by atoms with Crippen molar-refractivity contribution in [2.24, 2.45) is 22.6 Å². The van der Waals surface area contributed by atoms with Crippen molar-refractivity contribution in [1.82, 2.24) is 10.6 Å². The summed E-state index contributed by atoms with van der Waals surface area (Å²) in [6.07, 6.45) is 1.25. The summed E-state index contributed by atoms with van der Waals surface area (Å²) in [5.41, 5.74) is 15.0. The molecular weight excluding hydrogens is 234 g/mol. The van der Waals surface area contributed by atoms with Gasteiger partial charge in [0.25, 0.3) is 0 Å². The molecule has 0 aromatic rings. The largest absolute Gasteiger partial charge is 0.370 e. The van der Waals surface area contributed by atoms with Crippen LogP contribution >= 0.6 is 0 Å². The smallest absolute Gasteiger partial charge is 0.225 e. The summed E-state index contributed by atoms with van der Waals surface area (Å²) in [4.78, 5) is 11.4. The average Bonchev–Trinajstić information content (AvgIpc) is 2.21. The third kappa shape index (κ3) is 5.37. The number of guanidine groups is 2. The van der Waals surface area contributed by atoms with Gasteiger partial charge in [0, 0.05) is 12.6 Å². The summed E-state index contributed by atoms with van der Waals surface area (Å²) in [5.74, 6) is -0.755. The Balaban J connectivity index is 4.45. The van der Waals surface area contributed by atoms with Gasteiger partial charge in [0.15, 0.2) is 11.9 Å². The molecule has 0 aromatic heterocycles. The molecule has 8 heteroatoms. The van der Waals surface area contributed by atoms with Crippen molar-refractivity contribution < 1.29 is 4.79 Å². The summed E-state index contributed by atoms with van der Waals surface area (Å²) < 4.78 is 0. The number of rotatable bonds is 7. The van der Waals surface area contributed by atoms with E-state index in [-0.39, 0.29) is 18.0 Å². The molecule has 0 bridgehead atoms. The first kappa shape index (κ1) is 16.0. The molecule has 0 fully saturated rings. The van der Waals surface area contributed by atoms with Crippen LogP contribution in [0.1, 0.15) is 26.7 Å². The van der Waals surface area contributed by atoms with Gasteiger partial charge in [-0.15, -0.1) is 0 Å². The zero-order valence-corrected chi connectivity index (χ0v) is 10.8. The molecule has 0 aliphatic carbocycles. The van der Waals surface area contributed by atoms with Crippen LogP contribution in [0, 0.1) is 16.2 Å². The highest BCUT2D eigenvalue weighted by Gasteiger charge is 2.34. The third-order valence-electron chi connectivity index (χ3n) is 2.82. The SMILES string of the molecule is CC(C)(C(N)=O)C(CCCNC(=N)N)NC(=N)N. The monoisotopic (exact) mass is 257 g/mol. The van der Waals surface area contributed by atoms with E-state index in [0.717, 1.165) is 0 Å². The zero-order valence-electron chi connectivity index (χ0n) is 10.8. The Bertz CT molecular complexity index is 326. The molecule has 0 aliphatic rings. The fourth-order valence-corrected chi connectivity index (χ4v) is 1.50. The molecule has 0 heterocycles. The highest BCUT2D eigenvalue weighted by molar-refractivity contribution is 5.82. The lowest BCUT2D eigenvalue weighted by Gasteiger charge is -2.32. The van der Waals surface area contributed by atoms with Crippen molar-refractivity contribution in [3.63, 3.8) is 0 Å². The van der Waals surface area contributed by atoms with Gasteiger partial charge in [0.2, 0.25) is 5.91 Å². The van der Waals surface area contributed by atoms with Gasteiger partial charge < -0.3 is 27.8 Å². The summed E-state index contributed by atoms with van der Waals surface area (Å²) in [5, 5.41) is 19.7. The van der Waals surface area contributed by atoms with Gasteiger partial charge in [0.1, 0.15) is 0 Å². The second-order valence-corrected chi connectivity index (χ2v) is 4.68. The van der Waals surface area contributed by atoms with Crippen molar-refractivity contribution in [3.8, 4) is 0 Å². The summed E-state index contributed by atoms with van der Waals surface area (Å²) in [6, 6.07) is -0.332. The van der Waals surface area contributed by atoms with E-state index in [1.807, 2.05) is 0 Å². The van der Waals surface area contributed by atoms with E-state index in [2.05, 4.69) is 10.6 Å². The number of amides is 1. The number of carbonyl (C=O) groups excluding carboxylic acids is 1. The van der Waals surface area contributed by atoms with Gasteiger partial charge in [0.05, 0.1) is 5.41 Å². The van der Waals surface area contributed by atoms with E-state index < -0.39 is 11.3 Å². The number of nitrogens with one attached hydrogen (secondary N) is 4. The number of nitrogens with two attached hydrogens (primary N) is 3. The van der Waals surface area contributed by atoms with E-state index in [0.29, 0.717) is 19.4 Å². The van der Waals surface area contributed by atoms with Crippen LogP contribution < -0.4 is 27.8 Å². The number of carbonyl (C=O) groups is 1. The first-order valence-corrected chi connectivity index (χ1v) is 5.66. The number of hydrogen-bond donors (Lipinski definition) is 7. The average molecular weight is 257 g/mol. The van der Waals surface area contributed by atoms with E-state index >= 15 is 0 Å². The van der Waals surface area contributed by atoms with Gasteiger partial charge in [-0.1, -0.05) is 0 Å². The molecule has 0 saturated heterocycles. The predicted octanol–water partition coefficient (Wildman–Crippen LogP) is -1.39. The summed E-state index contributed by atoms with van der Waals surface area (Å²) >= 11 is 0. The van der Waals surface area contributed by atoms with Crippen LogP contribution in [0.5, 0.6) is 0 Å². The number of primary amides is 1. The van der Waals surface area contributed by atoms with E-state index in [4.69, 9.17) is 28.0 Å². The molecular formula is C10H23N7O. The van der Waals surface area contributed by atoms with Crippen LogP contribution in [0.2, 0.25) is 0 Å². The molecule has 1 unspecified atom stereocenters. The molecule has 0 spiro atoms. The quantitative estimate of drug-likeness (QED) is 0.169. The Kier molecular flexibility index (Phi) is 5.94. The van der Waals surface area contributed by atoms with Crippen LogP contribution in [0.4, 0.5) is 0 Å². The minimum atomic E-state index is -0.818. The molecule has 0 aromatic carbocycles. The topological polar surface area (TPSA) is 167 Å². The first-order chi connectivity index (χ1) is 8.17. The molecule has 8 nitrogen and oxygen atoms in total. The molecule has 104 valence electrons. The fourth-order valence-electron chi connectivity index (χ4n) is 1.50. The van der Waals surface area contributed by atoms with Gasteiger partial charge in [-0.25, -0.2) is 0 Å². The fraction of sp³-hybridized carbons (Fsp3) is 0.700. The molecule has 10 N–H and O–H groups in total. The Hall–Kier alpha value is -1.99. The van der Waals surface area contributed by atoms with Crippen molar-refractivity contribution in [2.75, 3.05) is 6.54 Å². The van der Waals surface area contributed by atoms with E-state index in [1.165, 1.54) is 0 Å². The molecule has 18 heavy (non-hydrogen) atoms. The van der Waals surface area contributed by atoms with Crippen molar-refractivity contribution in [2.45, 2.75) is 32.7 Å². The highest BCUT2D eigenvalue weighted by atomic mass is 16.1. The standard InChI is InChI=1S/C10H23N7O/c1-10(2,7(11)18)6(17-9(14)15)4-3-5-16-8(12)13/h6H,3-5H2,1-2H3,(H2,11,18)(H4,12,13,16)(H4,14,15,17). The predicted molar refractivity (Wildman–Crippen MR) is 71.0 cm³/mol. The second-order valence-electron chi connectivity index (χ2n) is 4.68. The zero-order chi connectivity index (χ0) is 14.3. The van der Waals surface area contributed by atoms with Gasteiger partial charge in [-0.05, 0) is 26.7 Å². The lowest BCUT2D eigenvalue weighted by atomic mass is 9.81. The van der Waals surface area contributed by atoms with Crippen molar-refractivity contribution >= 4 is 17.8 Å². The Morgan fingerprint density at radius 3 is 2.17 bits per heavy atom. The first-order valence-electron chi connectivity index (χ1n) is 5.66.